The molecule has 0 radical (unpaired) electrons. The molecular weight excluding hydrogens is 550 g/mol. The van der Waals surface area contributed by atoms with Crippen molar-refractivity contribution in [1.29, 1.82) is 0 Å². The third-order valence-electron chi connectivity index (χ3n) is 5.03. The molecule has 2 aromatic heterocycles. The fourth-order valence-corrected chi connectivity index (χ4v) is 4.77. The summed E-state index contributed by atoms with van der Waals surface area (Å²) in [5.41, 5.74) is 2.11. The molecular formula is C25H28BrN3O6S. The van der Waals surface area contributed by atoms with E-state index in [9.17, 15) is 9.59 Å². The molecule has 9 nitrogen and oxygen atoms in total. The summed E-state index contributed by atoms with van der Waals surface area (Å²) in [4.78, 5) is 36.4. The van der Waals surface area contributed by atoms with Gasteiger partial charge in [-0.3, -0.25) is 14.7 Å². The first-order chi connectivity index (χ1) is 17.4. The molecule has 0 saturated carbocycles. The largest absolute Gasteiger partial charge is 0.497 e. The number of carbonyl (C=O) groups is 2. The molecule has 3 aromatic rings. The average Bonchev–Trinajstić information content (AvgIpc) is 3.28. The molecule has 0 aliphatic heterocycles. The Kier molecular flexibility index (Phi) is 10.2. The number of aromatic nitrogens is 2. The number of hydrogen-bond donors (Lipinski definition) is 0. The summed E-state index contributed by atoms with van der Waals surface area (Å²) in [6.07, 6.45) is 3.36. The van der Waals surface area contributed by atoms with Gasteiger partial charge in [-0.15, -0.1) is 11.3 Å². The van der Waals surface area contributed by atoms with E-state index in [0.29, 0.717) is 33.6 Å². The van der Waals surface area contributed by atoms with Gasteiger partial charge in [0.25, 0.3) is 0 Å². The van der Waals surface area contributed by atoms with Crippen LogP contribution in [0.15, 0.2) is 41.1 Å². The number of nitrogens with zero attached hydrogens (tertiary/aromatic N) is 3. The Balaban J connectivity index is 1.98. The standard InChI is InChI=1S/C25H28BrN3O6S/c1-5-34-22(30)15-29(13-16-7-8-19(32-3)10-21(16)33-4)14-20-23(25(31)35-6-2)36-24(28-20)17-9-18(26)12-27-11-17/h7-12H,5-6,13-15H2,1-4H3. The van der Waals surface area contributed by atoms with Crippen molar-refractivity contribution in [2.75, 3.05) is 34.0 Å². The second-order valence-corrected chi connectivity index (χ2v) is 9.45. The lowest BCUT2D eigenvalue weighted by atomic mass is 10.1. The van der Waals surface area contributed by atoms with Gasteiger partial charge in [0.1, 0.15) is 21.4 Å². The molecule has 0 atom stereocenters. The molecule has 1 aromatic carbocycles. The zero-order valence-electron chi connectivity index (χ0n) is 20.6. The van der Waals surface area contributed by atoms with E-state index in [2.05, 4.69) is 20.9 Å². The fraction of sp³-hybridized carbons (Fsp3) is 0.360. The van der Waals surface area contributed by atoms with Crippen LogP contribution in [0.2, 0.25) is 0 Å². The summed E-state index contributed by atoms with van der Waals surface area (Å²) in [5.74, 6) is 0.434. The van der Waals surface area contributed by atoms with Crippen LogP contribution < -0.4 is 9.47 Å². The maximum absolute atomic E-state index is 12.8. The molecule has 0 saturated heterocycles. The summed E-state index contributed by atoms with van der Waals surface area (Å²) < 4.78 is 22.1. The quantitative estimate of drug-likeness (QED) is 0.283. The molecule has 0 fully saturated rings. The molecule has 0 unspecified atom stereocenters. The number of rotatable bonds is 12. The molecule has 11 heteroatoms. The van der Waals surface area contributed by atoms with Crippen molar-refractivity contribution in [3.63, 3.8) is 0 Å². The van der Waals surface area contributed by atoms with Gasteiger partial charge in [0.2, 0.25) is 0 Å². The number of benzene rings is 1. The van der Waals surface area contributed by atoms with Crippen LogP contribution >= 0.6 is 27.3 Å². The number of thiazole rings is 1. The number of esters is 2. The highest BCUT2D eigenvalue weighted by molar-refractivity contribution is 9.10. The van der Waals surface area contributed by atoms with Gasteiger partial charge in [-0.2, -0.15) is 0 Å². The molecule has 0 amide bonds. The number of methoxy groups -OCH3 is 2. The lowest BCUT2D eigenvalue weighted by Gasteiger charge is -2.22. The van der Waals surface area contributed by atoms with Gasteiger partial charge in [0.15, 0.2) is 0 Å². The van der Waals surface area contributed by atoms with Crippen LogP contribution in [-0.4, -0.2) is 60.8 Å². The molecule has 0 N–H and O–H groups in total. The predicted octanol–water partition coefficient (Wildman–Crippen LogP) is 4.73. The zero-order chi connectivity index (χ0) is 26.1. The first-order valence-corrected chi connectivity index (χ1v) is 12.9. The predicted molar refractivity (Wildman–Crippen MR) is 139 cm³/mol. The van der Waals surface area contributed by atoms with Crippen molar-refractivity contribution in [3.8, 4) is 22.1 Å². The number of halogens is 1. The van der Waals surface area contributed by atoms with Crippen molar-refractivity contribution in [2.45, 2.75) is 26.9 Å². The van der Waals surface area contributed by atoms with Crippen molar-refractivity contribution in [2.24, 2.45) is 0 Å². The first-order valence-electron chi connectivity index (χ1n) is 11.2. The monoisotopic (exact) mass is 577 g/mol. The highest BCUT2D eigenvalue weighted by Gasteiger charge is 2.24. The van der Waals surface area contributed by atoms with Crippen LogP contribution in [0, 0.1) is 0 Å². The van der Waals surface area contributed by atoms with E-state index >= 15 is 0 Å². The molecule has 0 spiro atoms. The number of hydrogen-bond acceptors (Lipinski definition) is 10. The van der Waals surface area contributed by atoms with Crippen molar-refractivity contribution in [1.82, 2.24) is 14.9 Å². The summed E-state index contributed by atoms with van der Waals surface area (Å²) >= 11 is 4.65. The van der Waals surface area contributed by atoms with Gasteiger partial charge in [-0.1, -0.05) is 6.07 Å². The molecule has 0 bridgehead atoms. The second-order valence-electron chi connectivity index (χ2n) is 7.54. The van der Waals surface area contributed by atoms with E-state index < -0.39 is 5.97 Å². The molecule has 36 heavy (non-hydrogen) atoms. The van der Waals surface area contributed by atoms with E-state index in [4.69, 9.17) is 23.9 Å². The highest BCUT2D eigenvalue weighted by Crippen LogP contribution is 2.32. The van der Waals surface area contributed by atoms with Gasteiger partial charge in [0.05, 0.1) is 39.7 Å². The number of carbonyl (C=O) groups excluding carboxylic acids is 2. The van der Waals surface area contributed by atoms with Crippen LogP contribution in [0.1, 0.15) is 34.8 Å². The number of pyridine rings is 1. The Morgan fingerprint density at radius 3 is 2.47 bits per heavy atom. The third-order valence-corrected chi connectivity index (χ3v) is 6.59. The van der Waals surface area contributed by atoms with Crippen LogP contribution in [-0.2, 0) is 27.4 Å². The normalized spacial score (nSPS) is 10.8. The SMILES string of the molecule is CCOC(=O)CN(Cc1ccc(OC)cc1OC)Cc1nc(-c2cncc(Br)c2)sc1C(=O)OCC. The molecule has 0 aliphatic carbocycles. The Bertz CT molecular complexity index is 1200. The minimum atomic E-state index is -0.461. The summed E-state index contributed by atoms with van der Waals surface area (Å²) in [6, 6.07) is 7.36. The summed E-state index contributed by atoms with van der Waals surface area (Å²) in [7, 11) is 3.16. The Morgan fingerprint density at radius 2 is 1.81 bits per heavy atom. The van der Waals surface area contributed by atoms with Crippen molar-refractivity contribution < 1.29 is 28.5 Å². The molecule has 0 aliphatic rings. The second kappa shape index (κ2) is 13.3. The van der Waals surface area contributed by atoms with Crippen LogP contribution in [0.4, 0.5) is 0 Å². The maximum atomic E-state index is 12.8. The van der Waals surface area contributed by atoms with Crippen LogP contribution in [0.5, 0.6) is 11.5 Å². The average molecular weight is 578 g/mol. The summed E-state index contributed by atoms with van der Waals surface area (Å²) in [6.45, 7) is 4.56. The van der Waals surface area contributed by atoms with E-state index in [1.54, 1.807) is 46.5 Å². The van der Waals surface area contributed by atoms with E-state index in [0.717, 1.165) is 15.6 Å². The third kappa shape index (κ3) is 7.25. The lowest BCUT2D eigenvalue weighted by molar-refractivity contribution is -0.144. The Morgan fingerprint density at radius 1 is 1.03 bits per heavy atom. The van der Waals surface area contributed by atoms with E-state index in [1.165, 1.54) is 11.3 Å². The highest BCUT2D eigenvalue weighted by atomic mass is 79.9. The molecule has 2 heterocycles. The topological polar surface area (TPSA) is 100 Å². The zero-order valence-corrected chi connectivity index (χ0v) is 23.0. The first kappa shape index (κ1) is 27.6. The van der Waals surface area contributed by atoms with Gasteiger partial charge < -0.3 is 18.9 Å². The van der Waals surface area contributed by atoms with Gasteiger partial charge in [-0.05, 0) is 41.9 Å². The Labute approximate surface area is 222 Å². The Hall–Kier alpha value is -3.02. The van der Waals surface area contributed by atoms with Crippen LogP contribution in [0.3, 0.4) is 0 Å². The molecule has 3 rings (SSSR count). The minimum Gasteiger partial charge on any atom is -0.497 e. The van der Waals surface area contributed by atoms with Crippen molar-refractivity contribution in [3.05, 3.63) is 57.3 Å². The van der Waals surface area contributed by atoms with Gasteiger partial charge in [0, 0.05) is 47.1 Å². The lowest BCUT2D eigenvalue weighted by Crippen LogP contribution is -2.31. The fourth-order valence-electron chi connectivity index (χ4n) is 3.46. The minimum absolute atomic E-state index is 0.00338. The van der Waals surface area contributed by atoms with E-state index in [-0.39, 0.29) is 32.3 Å². The van der Waals surface area contributed by atoms with Gasteiger partial charge in [-0.25, -0.2) is 9.78 Å². The van der Waals surface area contributed by atoms with Crippen molar-refractivity contribution >= 4 is 39.2 Å². The van der Waals surface area contributed by atoms with Gasteiger partial charge >= 0.3 is 11.9 Å². The van der Waals surface area contributed by atoms with E-state index in [1.807, 2.05) is 23.1 Å². The summed E-state index contributed by atoms with van der Waals surface area (Å²) in [5, 5.41) is 0.625. The molecule has 192 valence electrons. The van der Waals surface area contributed by atoms with Crippen LogP contribution in [0.25, 0.3) is 10.6 Å². The smallest absolute Gasteiger partial charge is 0.350 e. The number of ether oxygens (including phenoxy) is 4. The maximum Gasteiger partial charge on any atom is 0.350 e.